The van der Waals surface area contributed by atoms with Gasteiger partial charge in [-0.1, -0.05) is 55.8 Å². The number of nitrogens with one attached hydrogen (secondary N) is 1. The van der Waals surface area contributed by atoms with Crippen molar-refractivity contribution >= 4 is 28.4 Å². The highest BCUT2D eigenvalue weighted by Crippen LogP contribution is 2.30. The number of fused-ring (bicyclic) bond motifs is 1. The van der Waals surface area contributed by atoms with Crippen LogP contribution < -0.4 is 5.32 Å². The predicted molar refractivity (Wildman–Crippen MR) is 109 cm³/mol. The highest BCUT2D eigenvalue weighted by molar-refractivity contribution is 6.30. The molecule has 134 valence electrons. The van der Waals surface area contributed by atoms with E-state index >= 15 is 0 Å². The average molecular weight is 367 g/mol. The molecule has 4 heteroatoms. The van der Waals surface area contributed by atoms with Crippen LogP contribution in [0.25, 0.3) is 22.2 Å². The van der Waals surface area contributed by atoms with Crippen LogP contribution in [0.15, 0.2) is 48.5 Å². The fourth-order valence-electron chi connectivity index (χ4n) is 3.05. The third-order valence-electron chi connectivity index (χ3n) is 4.49. The molecule has 2 aromatic carbocycles. The van der Waals surface area contributed by atoms with E-state index in [1.165, 1.54) is 0 Å². The van der Waals surface area contributed by atoms with Gasteiger partial charge in [-0.05, 0) is 43.0 Å². The second-order valence-electron chi connectivity index (χ2n) is 6.92. The number of para-hydroxylation sites is 1. The minimum Gasteiger partial charge on any atom is -0.352 e. The zero-order chi connectivity index (χ0) is 18.7. The number of benzene rings is 2. The molecule has 0 unspecified atom stereocenters. The molecule has 0 spiro atoms. The van der Waals surface area contributed by atoms with Gasteiger partial charge in [0.25, 0.3) is 5.91 Å². The summed E-state index contributed by atoms with van der Waals surface area (Å²) in [5.74, 6) is 0.507. The fourth-order valence-corrected chi connectivity index (χ4v) is 3.18. The Bertz CT molecular complexity index is 933. The lowest BCUT2D eigenvalue weighted by molar-refractivity contribution is 0.0953. The number of carbonyl (C=O) groups excluding carboxylic acids is 1. The van der Waals surface area contributed by atoms with E-state index in [1.54, 1.807) is 0 Å². The van der Waals surface area contributed by atoms with E-state index < -0.39 is 0 Å². The van der Waals surface area contributed by atoms with Gasteiger partial charge >= 0.3 is 0 Å². The first-order valence-electron chi connectivity index (χ1n) is 8.91. The lowest BCUT2D eigenvalue weighted by Crippen LogP contribution is -2.26. The van der Waals surface area contributed by atoms with Crippen molar-refractivity contribution in [2.75, 3.05) is 6.54 Å². The summed E-state index contributed by atoms with van der Waals surface area (Å²) in [5, 5.41) is 4.62. The lowest BCUT2D eigenvalue weighted by atomic mass is 9.97. The van der Waals surface area contributed by atoms with Gasteiger partial charge in [0.2, 0.25) is 0 Å². The Morgan fingerprint density at radius 1 is 1.12 bits per heavy atom. The summed E-state index contributed by atoms with van der Waals surface area (Å²) in [6.45, 7) is 6.93. The predicted octanol–water partition coefficient (Wildman–Crippen LogP) is 5.64. The zero-order valence-electron chi connectivity index (χ0n) is 15.3. The molecule has 0 saturated carbocycles. The van der Waals surface area contributed by atoms with Gasteiger partial charge in [-0.25, -0.2) is 4.98 Å². The number of pyridine rings is 1. The molecule has 0 radical (unpaired) electrons. The second kappa shape index (κ2) is 7.88. The average Bonchev–Trinajstić information content (AvgIpc) is 2.61. The SMILES string of the molecule is Cc1c(-c2ccc(Cl)cc2)nc2ccccc2c1C(=O)NCCC(C)C. The smallest absolute Gasteiger partial charge is 0.252 e. The van der Waals surface area contributed by atoms with Crippen molar-refractivity contribution in [3.8, 4) is 11.3 Å². The summed E-state index contributed by atoms with van der Waals surface area (Å²) < 4.78 is 0. The molecule has 0 saturated heterocycles. The van der Waals surface area contributed by atoms with E-state index in [-0.39, 0.29) is 5.91 Å². The van der Waals surface area contributed by atoms with Crippen LogP contribution in [-0.4, -0.2) is 17.4 Å². The minimum absolute atomic E-state index is 0.0445. The van der Waals surface area contributed by atoms with Crippen molar-refractivity contribution < 1.29 is 4.79 Å². The minimum atomic E-state index is -0.0445. The Labute approximate surface area is 159 Å². The molecule has 0 atom stereocenters. The van der Waals surface area contributed by atoms with E-state index in [4.69, 9.17) is 16.6 Å². The van der Waals surface area contributed by atoms with Crippen molar-refractivity contribution in [1.82, 2.24) is 10.3 Å². The van der Waals surface area contributed by atoms with Crippen molar-refractivity contribution in [3.63, 3.8) is 0 Å². The zero-order valence-corrected chi connectivity index (χ0v) is 16.1. The lowest BCUT2D eigenvalue weighted by Gasteiger charge is -2.15. The van der Waals surface area contributed by atoms with E-state index in [2.05, 4.69) is 19.2 Å². The Balaban J connectivity index is 2.09. The summed E-state index contributed by atoms with van der Waals surface area (Å²) in [4.78, 5) is 17.7. The topological polar surface area (TPSA) is 42.0 Å². The fraction of sp³-hybridized carbons (Fsp3) is 0.273. The monoisotopic (exact) mass is 366 g/mol. The van der Waals surface area contributed by atoms with Gasteiger partial charge in [-0.2, -0.15) is 0 Å². The third kappa shape index (κ3) is 3.88. The normalized spacial score (nSPS) is 11.1. The van der Waals surface area contributed by atoms with Gasteiger partial charge in [-0.15, -0.1) is 0 Å². The largest absolute Gasteiger partial charge is 0.352 e. The standard InChI is InChI=1S/C22H23ClN2O/c1-14(2)12-13-24-22(26)20-15(3)21(16-8-10-17(23)11-9-16)25-19-7-5-4-6-18(19)20/h4-11,14H,12-13H2,1-3H3,(H,24,26). The Kier molecular flexibility index (Phi) is 5.58. The Morgan fingerprint density at radius 2 is 1.81 bits per heavy atom. The van der Waals surface area contributed by atoms with Gasteiger partial charge in [0.05, 0.1) is 16.8 Å². The molecule has 3 aromatic rings. The summed E-state index contributed by atoms with van der Waals surface area (Å²) in [7, 11) is 0. The first-order valence-corrected chi connectivity index (χ1v) is 9.28. The van der Waals surface area contributed by atoms with Gasteiger partial charge < -0.3 is 5.32 Å². The Morgan fingerprint density at radius 3 is 2.50 bits per heavy atom. The van der Waals surface area contributed by atoms with Gasteiger partial charge in [-0.3, -0.25) is 4.79 Å². The molecule has 1 heterocycles. The molecule has 0 aliphatic carbocycles. The quantitative estimate of drug-likeness (QED) is 0.634. The molecule has 3 rings (SSSR count). The first-order chi connectivity index (χ1) is 12.5. The number of nitrogens with zero attached hydrogens (tertiary/aromatic N) is 1. The van der Waals surface area contributed by atoms with Crippen LogP contribution in [0.2, 0.25) is 5.02 Å². The van der Waals surface area contributed by atoms with E-state index in [0.717, 1.165) is 34.1 Å². The number of hydrogen-bond donors (Lipinski definition) is 1. The van der Waals surface area contributed by atoms with Crippen molar-refractivity contribution in [2.45, 2.75) is 27.2 Å². The van der Waals surface area contributed by atoms with E-state index in [9.17, 15) is 4.79 Å². The number of halogens is 1. The summed E-state index contributed by atoms with van der Waals surface area (Å²) in [6, 6.07) is 15.3. The molecular weight excluding hydrogens is 344 g/mol. The number of hydrogen-bond acceptors (Lipinski definition) is 2. The molecule has 3 nitrogen and oxygen atoms in total. The molecule has 0 aliphatic heterocycles. The van der Waals surface area contributed by atoms with Crippen LogP contribution in [0.3, 0.4) is 0 Å². The van der Waals surface area contributed by atoms with E-state index in [1.807, 2.05) is 55.5 Å². The van der Waals surface area contributed by atoms with Gasteiger partial charge in [0.1, 0.15) is 0 Å². The maximum absolute atomic E-state index is 12.9. The van der Waals surface area contributed by atoms with Crippen molar-refractivity contribution in [1.29, 1.82) is 0 Å². The molecule has 0 aliphatic rings. The highest BCUT2D eigenvalue weighted by Gasteiger charge is 2.18. The molecular formula is C22H23ClN2O. The van der Waals surface area contributed by atoms with Crippen molar-refractivity contribution in [2.24, 2.45) is 5.92 Å². The van der Waals surface area contributed by atoms with Crippen LogP contribution in [-0.2, 0) is 0 Å². The number of rotatable bonds is 5. The number of carbonyl (C=O) groups is 1. The molecule has 0 bridgehead atoms. The number of amides is 1. The van der Waals surface area contributed by atoms with Crippen LogP contribution in [0, 0.1) is 12.8 Å². The van der Waals surface area contributed by atoms with Crippen LogP contribution in [0.5, 0.6) is 0 Å². The maximum Gasteiger partial charge on any atom is 0.252 e. The molecule has 1 amide bonds. The summed E-state index contributed by atoms with van der Waals surface area (Å²) in [5.41, 5.74) is 4.16. The van der Waals surface area contributed by atoms with Crippen LogP contribution in [0.1, 0.15) is 36.2 Å². The third-order valence-corrected chi connectivity index (χ3v) is 4.74. The van der Waals surface area contributed by atoms with Gasteiger partial charge in [0.15, 0.2) is 0 Å². The summed E-state index contributed by atoms with van der Waals surface area (Å²) >= 11 is 6.01. The molecule has 0 fully saturated rings. The second-order valence-corrected chi connectivity index (χ2v) is 7.36. The molecule has 26 heavy (non-hydrogen) atoms. The van der Waals surface area contributed by atoms with E-state index in [0.29, 0.717) is 23.0 Å². The van der Waals surface area contributed by atoms with Crippen molar-refractivity contribution in [3.05, 3.63) is 64.7 Å². The molecule has 1 aromatic heterocycles. The maximum atomic E-state index is 12.9. The van der Waals surface area contributed by atoms with Crippen LogP contribution in [0.4, 0.5) is 0 Å². The highest BCUT2D eigenvalue weighted by atomic mass is 35.5. The summed E-state index contributed by atoms with van der Waals surface area (Å²) in [6.07, 6.45) is 0.956. The van der Waals surface area contributed by atoms with Gasteiger partial charge in [0, 0.05) is 22.5 Å². The first kappa shape index (κ1) is 18.4. The number of aromatic nitrogens is 1. The van der Waals surface area contributed by atoms with Crippen LogP contribution >= 0.6 is 11.6 Å². The molecule has 1 N–H and O–H groups in total. The Hall–Kier alpha value is -2.39.